The Morgan fingerprint density at radius 3 is 2.72 bits per heavy atom. The average Bonchev–Trinajstić information content (AvgIpc) is 2.94. The Kier molecular flexibility index (Phi) is 4.61. The second-order valence-electron chi connectivity index (χ2n) is 7.54. The molecule has 25 heavy (non-hydrogen) atoms. The van der Waals surface area contributed by atoms with Gasteiger partial charge in [0.25, 0.3) is 0 Å². The van der Waals surface area contributed by atoms with Crippen molar-refractivity contribution in [3.05, 3.63) is 47.9 Å². The molecular formula is C19H26N6. The molecule has 0 fully saturated rings. The van der Waals surface area contributed by atoms with E-state index in [-0.39, 0.29) is 11.5 Å². The van der Waals surface area contributed by atoms with Gasteiger partial charge in [-0.15, -0.1) is 0 Å². The highest BCUT2D eigenvalue weighted by atomic mass is 15.3. The molecule has 2 N–H and O–H groups in total. The van der Waals surface area contributed by atoms with Crippen LogP contribution in [0.4, 0.5) is 11.6 Å². The molecule has 0 bridgehead atoms. The topological polar surface area (TPSA) is 67.1 Å². The summed E-state index contributed by atoms with van der Waals surface area (Å²) in [6.07, 6.45) is 5.48. The summed E-state index contributed by atoms with van der Waals surface area (Å²) >= 11 is 0. The van der Waals surface area contributed by atoms with E-state index in [2.05, 4.69) is 48.4 Å². The Bertz CT molecular complexity index is 847. The molecule has 0 aliphatic heterocycles. The fourth-order valence-corrected chi connectivity index (χ4v) is 2.41. The number of nitrogens with one attached hydrogen (secondary N) is 2. The molecule has 3 aromatic heterocycles. The Hall–Kier alpha value is -2.63. The van der Waals surface area contributed by atoms with Crippen molar-refractivity contribution in [3.8, 4) is 0 Å². The van der Waals surface area contributed by atoms with Crippen molar-refractivity contribution in [1.29, 1.82) is 0 Å². The first-order chi connectivity index (χ1) is 11.8. The van der Waals surface area contributed by atoms with Crippen LogP contribution in [-0.4, -0.2) is 25.6 Å². The SMILES string of the molecule is Cc1cnn2c(NCc3cccnc3)cc(N[C@@H](C)C(C)(C)C)nc12. The third-order valence-corrected chi connectivity index (χ3v) is 4.51. The van der Waals surface area contributed by atoms with Gasteiger partial charge >= 0.3 is 0 Å². The quantitative estimate of drug-likeness (QED) is 0.739. The molecule has 3 heterocycles. The van der Waals surface area contributed by atoms with Gasteiger partial charge in [0.1, 0.15) is 11.6 Å². The molecule has 0 spiro atoms. The fourth-order valence-electron chi connectivity index (χ4n) is 2.41. The van der Waals surface area contributed by atoms with Gasteiger partial charge in [0.15, 0.2) is 5.65 Å². The van der Waals surface area contributed by atoms with E-state index in [1.54, 1.807) is 6.20 Å². The molecule has 3 rings (SSSR count). The van der Waals surface area contributed by atoms with Gasteiger partial charge in [-0.05, 0) is 30.9 Å². The third kappa shape index (κ3) is 3.90. The van der Waals surface area contributed by atoms with E-state index in [1.165, 1.54) is 0 Å². The van der Waals surface area contributed by atoms with E-state index in [9.17, 15) is 0 Å². The minimum absolute atomic E-state index is 0.145. The zero-order valence-corrected chi connectivity index (χ0v) is 15.5. The van der Waals surface area contributed by atoms with Crippen LogP contribution < -0.4 is 10.6 Å². The Labute approximate surface area is 148 Å². The summed E-state index contributed by atoms with van der Waals surface area (Å²) < 4.78 is 1.85. The van der Waals surface area contributed by atoms with E-state index >= 15 is 0 Å². The lowest BCUT2D eigenvalue weighted by molar-refractivity contribution is 0.359. The molecule has 0 aromatic carbocycles. The maximum absolute atomic E-state index is 4.74. The lowest BCUT2D eigenvalue weighted by Crippen LogP contribution is -2.31. The predicted molar refractivity (Wildman–Crippen MR) is 102 cm³/mol. The van der Waals surface area contributed by atoms with Gasteiger partial charge in [-0.3, -0.25) is 4.98 Å². The molecule has 0 aliphatic carbocycles. The smallest absolute Gasteiger partial charge is 0.162 e. The van der Waals surface area contributed by atoms with Crippen LogP contribution in [0.15, 0.2) is 36.8 Å². The number of hydrogen-bond acceptors (Lipinski definition) is 5. The fraction of sp³-hybridized carbons (Fsp3) is 0.421. The molecule has 0 saturated heterocycles. The number of pyridine rings is 1. The Morgan fingerprint density at radius 2 is 2.04 bits per heavy atom. The van der Waals surface area contributed by atoms with Crippen LogP contribution in [0.1, 0.15) is 38.8 Å². The van der Waals surface area contributed by atoms with Crippen molar-refractivity contribution in [2.24, 2.45) is 5.41 Å². The predicted octanol–water partition coefficient (Wildman–Crippen LogP) is 3.89. The number of aromatic nitrogens is 4. The highest BCUT2D eigenvalue weighted by Gasteiger charge is 2.21. The molecule has 132 valence electrons. The average molecular weight is 338 g/mol. The number of anilines is 2. The molecule has 1 atom stereocenters. The molecule has 0 saturated carbocycles. The van der Waals surface area contributed by atoms with Crippen LogP contribution in [0.3, 0.4) is 0 Å². The summed E-state index contributed by atoms with van der Waals surface area (Å²) in [7, 11) is 0. The highest BCUT2D eigenvalue weighted by Crippen LogP contribution is 2.25. The van der Waals surface area contributed by atoms with Crippen LogP contribution in [0.25, 0.3) is 5.65 Å². The summed E-state index contributed by atoms with van der Waals surface area (Å²) in [4.78, 5) is 8.90. The summed E-state index contributed by atoms with van der Waals surface area (Å²) in [6, 6.07) is 6.29. The third-order valence-electron chi connectivity index (χ3n) is 4.51. The van der Waals surface area contributed by atoms with Crippen LogP contribution in [0.5, 0.6) is 0 Å². The number of hydrogen-bond donors (Lipinski definition) is 2. The Balaban J connectivity index is 1.90. The van der Waals surface area contributed by atoms with Crippen molar-refractivity contribution >= 4 is 17.3 Å². The van der Waals surface area contributed by atoms with Crippen LogP contribution in [0.2, 0.25) is 0 Å². The minimum Gasteiger partial charge on any atom is -0.367 e. The van der Waals surface area contributed by atoms with Crippen LogP contribution in [-0.2, 0) is 6.54 Å². The van der Waals surface area contributed by atoms with E-state index < -0.39 is 0 Å². The zero-order valence-electron chi connectivity index (χ0n) is 15.5. The van der Waals surface area contributed by atoms with Crippen molar-refractivity contribution in [1.82, 2.24) is 19.6 Å². The standard InChI is InChI=1S/C19H26N6/c1-13-10-22-25-17(21-12-15-7-6-8-20-11-15)9-16(24-18(13)25)23-14(2)19(3,4)5/h6-11,14,21H,12H2,1-5H3,(H,23,24)/t14-/m0/s1. The van der Waals surface area contributed by atoms with Gasteiger partial charge in [0.05, 0.1) is 6.20 Å². The second kappa shape index (κ2) is 6.70. The summed E-state index contributed by atoms with van der Waals surface area (Å²) in [6.45, 7) is 11.5. The van der Waals surface area contributed by atoms with Gasteiger partial charge in [-0.25, -0.2) is 4.98 Å². The zero-order chi connectivity index (χ0) is 18.0. The van der Waals surface area contributed by atoms with Gasteiger partial charge < -0.3 is 10.6 Å². The molecule has 6 nitrogen and oxygen atoms in total. The molecule has 0 amide bonds. The minimum atomic E-state index is 0.145. The normalized spacial score (nSPS) is 13.0. The van der Waals surface area contributed by atoms with Crippen molar-refractivity contribution < 1.29 is 0 Å². The second-order valence-corrected chi connectivity index (χ2v) is 7.54. The largest absolute Gasteiger partial charge is 0.367 e. The van der Waals surface area contributed by atoms with Gasteiger partial charge in [-0.2, -0.15) is 9.61 Å². The lowest BCUT2D eigenvalue weighted by atomic mass is 9.88. The first kappa shape index (κ1) is 17.2. The van der Waals surface area contributed by atoms with E-state index in [1.807, 2.05) is 42.0 Å². The number of fused-ring (bicyclic) bond motifs is 1. The first-order valence-corrected chi connectivity index (χ1v) is 8.59. The molecule has 0 aliphatic rings. The maximum atomic E-state index is 4.74. The summed E-state index contributed by atoms with van der Waals surface area (Å²) in [5.41, 5.74) is 3.18. The number of nitrogens with zero attached hydrogens (tertiary/aromatic N) is 4. The first-order valence-electron chi connectivity index (χ1n) is 8.59. The van der Waals surface area contributed by atoms with E-state index in [0.29, 0.717) is 6.54 Å². The van der Waals surface area contributed by atoms with Gasteiger partial charge in [0.2, 0.25) is 0 Å². The molecule has 3 aromatic rings. The van der Waals surface area contributed by atoms with E-state index in [0.717, 1.165) is 28.4 Å². The lowest BCUT2D eigenvalue weighted by Gasteiger charge is -2.28. The Morgan fingerprint density at radius 1 is 1.24 bits per heavy atom. The molecular weight excluding hydrogens is 312 g/mol. The summed E-state index contributed by atoms with van der Waals surface area (Å²) in [5, 5.41) is 11.4. The monoisotopic (exact) mass is 338 g/mol. The number of aryl methyl sites for hydroxylation is 1. The van der Waals surface area contributed by atoms with Crippen molar-refractivity contribution in [2.45, 2.75) is 47.2 Å². The van der Waals surface area contributed by atoms with Crippen LogP contribution in [0, 0.1) is 12.3 Å². The molecule has 6 heteroatoms. The summed E-state index contributed by atoms with van der Waals surface area (Å²) in [5.74, 6) is 1.76. The van der Waals surface area contributed by atoms with E-state index in [4.69, 9.17) is 4.98 Å². The maximum Gasteiger partial charge on any atom is 0.162 e. The molecule has 0 radical (unpaired) electrons. The van der Waals surface area contributed by atoms with Crippen molar-refractivity contribution in [2.75, 3.05) is 10.6 Å². The highest BCUT2D eigenvalue weighted by molar-refractivity contribution is 5.60. The van der Waals surface area contributed by atoms with Crippen LogP contribution >= 0.6 is 0 Å². The number of rotatable bonds is 5. The van der Waals surface area contributed by atoms with Gasteiger partial charge in [0, 0.05) is 36.6 Å². The van der Waals surface area contributed by atoms with Gasteiger partial charge in [-0.1, -0.05) is 26.8 Å². The van der Waals surface area contributed by atoms with Crippen molar-refractivity contribution in [3.63, 3.8) is 0 Å². The molecule has 0 unspecified atom stereocenters.